The van der Waals surface area contributed by atoms with E-state index in [4.69, 9.17) is 13.7 Å². The Hall–Kier alpha value is -0.640. The summed E-state index contributed by atoms with van der Waals surface area (Å²) in [5.74, 6) is -0.689. The maximum Gasteiger partial charge on any atom is 0.225 e. The van der Waals surface area contributed by atoms with Crippen molar-refractivity contribution < 1.29 is 13.7 Å². The van der Waals surface area contributed by atoms with Gasteiger partial charge >= 0.3 is 0 Å². The lowest BCUT2D eigenvalue weighted by Crippen LogP contribution is -2.23. The summed E-state index contributed by atoms with van der Waals surface area (Å²) in [5.41, 5.74) is 0. The molecule has 0 aromatic carbocycles. The Bertz CT molecular complexity index is 496. The van der Waals surface area contributed by atoms with E-state index in [1.165, 1.54) is 0 Å². The van der Waals surface area contributed by atoms with Crippen LogP contribution < -0.4 is 4.90 Å². The zero-order valence-corrected chi connectivity index (χ0v) is 7.46. The molecule has 0 radical (unpaired) electrons. The molecule has 1 aromatic rings. The number of anilines is 1. The molecule has 1 heterocycles. The van der Waals surface area contributed by atoms with Gasteiger partial charge in [-0.15, -0.1) is 0 Å². The molecule has 4 heteroatoms. The first-order valence-corrected chi connectivity index (χ1v) is 3.69. The summed E-state index contributed by atoms with van der Waals surface area (Å²) in [5, 5.41) is 0. The molecule has 0 N–H and O–H groups in total. The van der Waals surface area contributed by atoms with Gasteiger partial charge in [0.15, 0.2) is 0 Å². The molecule has 0 aliphatic carbocycles. The Morgan fingerprint density at radius 3 is 2.58 bits per heavy atom. The third-order valence-corrected chi connectivity index (χ3v) is 1.44. The van der Waals surface area contributed by atoms with Crippen LogP contribution in [-0.4, -0.2) is 23.0 Å². The maximum atomic E-state index is 7.71. The summed E-state index contributed by atoms with van der Waals surface area (Å²) in [6.45, 7) is -13.4. The van der Waals surface area contributed by atoms with Gasteiger partial charge in [0.05, 0.1) is 4.47 Å². The molecule has 0 spiro atoms. The largest absolute Gasteiger partial charge is 0.341 e. The molecule has 1 aromatic heterocycles. The lowest BCUT2D eigenvalue weighted by Gasteiger charge is -2.17. The SMILES string of the molecule is [2H]C([2H])([2H])C([2H])([2H])N(c1ncc(Br)cn1)C([2H])([2H])C([2H])([2H])[2H]. The fourth-order valence-corrected chi connectivity index (χ4v) is 0.754. The molecule has 0 aliphatic rings. The summed E-state index contributed by atoms with van der Waals surface area (Å²) in [4.78, 5) is 7.19. The predicted molar refractivity (Wildman–Crippen MR) is 53.3 cm³/mol. The molecule has 0 saturated carbocycles. The number of nitrogens with zero attached hydrogens (tertiary/aromatic N) is 3. The van der Waals surface area contributed by atoms with Gasteiger partial charge < -0.3 is 4.90 Å². The van der Waals surface area contributed by atoms with Crippen molar-refractivity contribution in [2.45, 2.75) is 13.7 Å². The molecule has 0 aliphatic heterocycles. The second kappa shape index (κ2) is 4.40. The Morgan fingerprint density at radius 2 is 2.08 bits per heavy atom. The molecule has 0 unspecified atom stereocenters. The first-order valence-electron chi connectivity index (χ1n) is 7.90. The number of hydrogen-bond acceptors (Lipinski definition) is 3. The summed E-state index contributed by atoms with van der Waals surface area (Å²) < 4.78 is 74.7. The first-order chi connectivity index (χ1) is 9.62. The molecule has 0 saturated heterocycles. The highest BCUT2D eigenvalue weighted by molar-refractivity contribution is 9.10. The zero-order valence-electron chi connectivity index (χ0n) is 15.9. The van der Waals surface area contributed by atoms with Crippen molar-refractivity contribution in [1.82, 2.24) is 9.97 Å². The molecule has 1 rings (SSSR count). The van der Waals surface area contributed by atoms with E-state index in [1.807, 2.05) is 0 Å². The van der Waals surface area contributed by atoms with E-state index in [-0.39, 0.29) is 4.90 Å². The van der Waals surface area contributed by atoms with Crippen molar-refractivity contribution in [3.63, 3.8) is 0 Å². The standard InChI is InChI=1S/C8H12BrN3/c1-3-12(4-2)8-10-5-7(9)6-11-8/h5-6H,3-4H2,1-2H3/i1D3,2D3,3D2,4D2. The van der Waals surface area contributed by atoms with Gasteiger partial charge in [0.2, 0.25) is 5.95 Å². The minimum atomic E-state index is -3.35. The average Bonchev–Trinajstić information content (AvgIpc) is 2.28. The van der Waals surface area contributed by atoms with Gasteiger partial charge in [-0.3, -0.25) is 0 Å². The normalized spacial score (nSPS) is 26.8. The quantitative estimate of drug-likeness (QED) is 0.810. The zero-order chi connectivity index (χ0) is 17.6. The van der Waals surface area contributed by atoms with Crippen molar-refractivity contribution in [2.24, 2.45) is 0 Å². The second-order valence-corrected chi connectivity index (χ2v) is 2.68. The Morgan fingerprint density at radius 1 is 1.50 bits per heavy atom. The van der Waals surface area contributed by atoms with Gasteiger partial charge in [-0.05, 0) is 29.6 Å². The predicted octanol–water partition coefficient (Wildman–Crippen LogP) is 2.09. The van der Waals surface area contributed by atoms with E-state index in [1.54, 1.807) is 0 Å². The van der Waals surface area contributed by atoms with Crippen molar-refractivity contribution in [3.8, 4) is 0 Å². The van der Waals surface area contributed by atoms with Crippen LogP contribution in [0.5, 0.6) is 0 Å². The smallest absolute Gasteiger partial charge is 0.225 e. The van der Waals surface area contributed by atoms with Gasteiger partial charge in [0.1, 0.15) is 0 Å². The van der Waals surface area contributed by atoms with E-state index < -0.39 is 32.6 Å². The van der Waals surface area contributed by atoms with E-state index in [2.05, 4.69) is 25.9 Å². The molecule has 66 valence electrons. The average molecular weight is 240 g/mol. The van der Waals surface area contributed by atoms with Gasteiger partial charge in [-0.25, -0.2) is 9.97 Å². The topological polar surface area (TPSA) is 29.0 Å². The van der Waals surface area contributed by atoms with Crippen LogP contribution >= 0.6 is 15.9 Å². The van der Waals surface area contributed by atoms with E-state index in [0.717, 1.165) is 12.4 Å². The second-order valence-electron chi connectivity index (χ2n) is 1.76. The lowest BCUT2D eigenvalue weighted by atomic mass is 10.5. The number of hydrogen-bond donors (Lipinski definition) is 0. The molecule has 3 nitrogen and oxygen atoms in total. The van der Waals surface area contributed by atoms with Crippen LogP contribution in [0.1, 0.15) is 27.4 Å². The highest BCUT2D eigenvalue weighted by Gasteiger charge is 2.02. The Kier molecular flexibility index (Phi) is 0.980. The molecule has 0 amide bonds. The van der Waals surface area contributed by atoms with Crippen LogP contribution in [0.15, 0.2) is 16.9 Å². The monoisotopic (exact) mass is 239 g/mol. The maximum absolute atomic E-state index is 7.71. The minimum absolute atomic E-state index is 0.0631. The first kappa shape index (κ1) is 2.67. The van der Waals surface area contributed by atoms with E-state index in [0.29, 0.717) is 4.47 Å². The molecule has 0 bridgehead atoms. The summed E-state index contributed by atoms with van der Waals surface area (Å²) in [7, 11) is 0. The summed E-state index contributed by atoms with van der Waals surface area (Å²) in [6.07, 6.45) is 2.25. The van der Waals surface area contributed by atoms with Crippen molar-refractivity contribution >= 4 is 21.9 Å². The lowest BCUT2D eigenvalue weighted by molar-refractivity contribution is 0.820. The fraction of sp³-hybridized carbons (Fsp3) is 0.500. The molecule has 12 heavy (non-hydrogen) atoms. The Balaban J connectivity index is 3.57. The molecule has 0 atom stereocenters. The highest BCUT2D eigenvalue weighted by Crippen LogP contribution is 2.09. The van der Waals surface area contributed by atoms with E-state index >= 15 is 0 Å². The van der Waals surface area contributed by atoms with Crippen LogP contribution in [0.25, 0.3) is 0 Å². The van der Waals surface area contributed by atoms with Gasteiger partial charge in [-0.1, -0.05) is 0 Å². The number of halogens is 1. The Labute approximate surface area is 95.0 Å². The van der Waals surface area contributed by atoms with Crippen LogP contribution in [0, 0.1) is 0 Å². The summed E-state index contributed by atoms with van der Waals surface area (Å²) in [6, 6.07) is 0. The van der Waals surface area contributed by atoms with E-state index in [9.17, 15) is 0 Å². The van der Waals surface area contributed by atoms with Crippen LogP contribution in [0.4, 0.5) is 5.95 Å². The molecular formula is C8H12BrN3. The van der Waals surface area contributed by atoms with Crippen molar-refractivity contribution in [1.29, 1.82) is 0 Å². The number of rotatable bonds is 3. The highest BCUT2D eigenvalue weighted by atomic mass is 79.9. The minimum Gasteiger partial charge on any atom is -0.341 e. The summed E-state index contributed by atoms with van der Waals surface area (Å²) >= 11 is 3.02. The van der Waals surface area contributed by atoms with Crippen molar-refractivity contribution in [2.75, 3.05) is 17.9 Å². The fourth-order valence-electron chi connectivity index (χ4n) is 0.549. The third-order valence-electron chi connectivity index (χ3n) is 1.03. The van der Waals surface area contributed by atoms with Crippen LogP contribution in [0.3, 0.4) is 0 Å². The van der Waals surface area contributed by atoms with Gasteiger partial charge in [0.25, 0.3) is 0 Å². The van der Waals surface area contributed by atoms with Crippen LogP contribution in [-0.2, 0) is 0 Å². The van der Waals surface area contributed by atoms with Gasteiger partial charge in [0, 0.05) is 39.1 Å². The van der Waals surface area contributed by atoms with Gasteiger partial charge in [-0.2, -0.15) is 0 Å². The third kappa shape index (κ3) is 2.17. The molecular weight excluding hydrogens is 218 g/mol. The van der Waals surface area contributed by atoms with Crippen molar-refractivity contribution in [3.05, 3.63) is 16.9 Å². The van der Waals surface area contributed by atoms with Crippen LogP contribution in [0.2, 0.25) is 0 Å². The number of aromatic nitrogens is 2. The molecule has 0 fully saturated rings.